The Hall–Kier alpha value is -6.03. The van der Waals surface area contributed by atoms with Gasteiger partial charge in [0, 0.05) is 69.9 Å². The summed E-state index contributed by atoms with van der Waals surface area (Å²) in [6, 6.07) is 8.25. The predicted molar refractivity (Wildman–Crippen MR) is 216 cm³/mol. The van der Waals surface area contributed by atoms with Gasteiger partial charge >= 0.3 is 0 Å². The SMILES string of the molecule is CC(=O)c1c(C)c2cnc(Nc3ccc(N4CCN(C[C@@H]5CCN(c6cccc7c6C(=O)N(C6CCC(=O)NC6=O)C7=O)C5)CC4)cn3)nc2n(C2CCCC2)c1=O. The average molecular weight is 787 g/mol. The van der Waals surface area contributed by atoms with E-state index < -0.39 is 29.7 Å². The zero-order chi connectivity index (χ0) is 40.2. The van der Waals surface area contributed by atoms with Crippen molar-refractivity contribution < 1.29 is 24.0 Å². The van der Waals surface area contributed by atoms with Crippen molar-refractivity contribution in [1.29, 1.82) is 0 Å². The van der Waals surface area contributed by atoms with Crippen LogP contribution >= 0.6 is 0 Å². The number of aromatic nitrogens is 4. The van der Waals surface area contributed by atoms with Crippen molar-refractivity contribution in [3.63, 3.8) is 0 Å². The van der Waals surface area contributed by atoms with Gasteiger partial charge in [0.1, 0.15) is 17.5 Å². The molecule has 4 fully saturated rings. The largest absolute Gasteiger partial charge is 0.371 e. The summed E-state index contributed by atoms with van der Waals surface area (Å²) in [5.74, 6) is -0.918. The van der Waals surface area contributed by atoms with Gasteiger partial charge in [-0.1, -0.05) is 18.9 Å². The van der Waals surface area contributed by atoms with E-state index in [1.807, 2.05) is 24.4 Å². The van der Waals surface area contributed by atoms with E-state index in [-0.39, 0.29) is 35.8 Å². The number of pyridine rings is 2. The number of benzene rings is 1. The van der Waals surface area contributed by atoms with Crippen LogP contribution in [0, 0.1) is 12.8 Å². The molecule has 0 bridgehead atoms. The topological polar surface area (TPSA) is 183 Å². The summed E-state index contributed by atoms with van der Waals surface area (Å²) in [6.45, 7) is 9.13. The molecule has 4 aliphatic heterocycles. The number of rotatable bonds is 9. The number of Topliss-reactive ketones (excluding diaryl/α,β-unsaturated/α-hetero) is 1. The van der Waals surface area contributed by atoms with E-state index in [9.17, 15) is 28.8 Å². The third kappa shape index (κ3) is 6.68. The lowest BCUT2D eigenvalue weighted by Crippen LogP contribution is -2.54. The molecule has 2 atom stereocenters. The van der Waals surface area contributed by atoms with E-state index in [0.29, 0.717) is 45.4 Å². The van der Waals surface area contributed by atoms with Crippen LogP contribution in [0.25, 0.3) is 11.0 Å². The molecule has 1 aliphatic carbocycles. The summed E-state index contributed by atoms with van der Waals surface area (Å²) in [6.07, 6.45) is 8.51. The molecule has 3 saturated heterocycles. The Morgan fingerprint density at radius 3 is 2.40 bits per heavy atom. The first kappa shape index (κ1) is 37.5. The lowest BCUT2D eigenvalue weighted by atomic mass is 10.0. The van der Waals surface area contributed by atoms with Crippen LogP contribution in [0.4, 0.5) is 23.1 Å². The van der Waals surface area contributed by atoms with Crippen molar-refractivity contribution in [2.75, 3.05) is 60.9 Å². The molecule has 7 heterocycles. The molecular weight excluding hydrogens is 741 g/mol. The first-order valence-corrected chi connectivity index (χ1v) is 20.3. The minimum atomic E-state index is -0.989. The fourth-order valence-corrected chi connectivity index (χ4v) is 9.59. The first-order chi connectivity index (χ1) is 28.0. The van der Waals surface area contributed by atoms with Crippen LogP contribution in [0.5, 0.6) is 0 Å². The Morgan fingerprint density at radius 1 is 0.879 bits per heavy atom. The number of carbonyl (C=O) groups is 5. The second kappa shape index (κ2) is 15.0. The molecule has 5 aliphatic rings. The molecule has 4 aromatic rings. The number of nitrogens with zero attached hydrogens (tertiary/aromatic N) is 8. The van der Waals surface area contributed by atoms with Gasteiger partial charge in [-0.2, -0.15) is 4.98 Å². The Morgan fingerprint density at radius 2 is 1.67 bits per heavy atom. The molecule has 58 heavy (non-hydrogen) atoms. The number of imide groups is 2. The highest BCUT2D eigenvalue weighted by Crippen LogP contribution is 2.37. The average Bonchev–Trinajstić information content (AvgIpc) is 3.97. The molecule has 9 rings (SSSR count). The van der Waals surface area contributed by atoms with Crippen LogP contribution < -0.4 is 26.0 Å². The lowest BCUT2D eigenvalue weighted by molar-refractivity contribution is -0.136. The monoisotopic (exact) mass is 786 g/mol. The van der Waals surface area contributed by atoms with E-state index in [2.05, 4.69) is 35.3 Å². The van der Waals surface area contributed by atoms with Gasteiger partial charge in [-0.3, -0.25) is 48.5 Å². The second-order valence-corrected chi connectivity index (χ2v) is 16.2. The number of carbonyl (C=O) groups excluding carboxylic acids is 5. The molecule has 300 valence electrons. The Kier molecular flexibility index (Phi) is 9.74. The van der Waals surface area contributed by atoms with E-state index in [0.717, 1.165) is 94.2 Å². The number of piperidine rings is 1. The molecule has 1 unspecified atom stereocenters. The summed E-state index contributed by atoms with van der Waals surface area (Å²) < 4.78 is 1.71. The van der Waals surface area contributed by atoms with Gasteiger partial charge in [-0.25, -0.2) is 9.97 Å². The maximum Gasteiger partial charge on any atom is 0.264 e. The number of amides is 4. The second-order valence-electron chi connectivity index (χ2n) is 16.2. The molecule has 16 heteroatoms. The van der Waals surface area contributed by atoms with Gasteiger partial charge in [0.15, 0.2) is 5.78 Å². The number of nitrogens with one attached hydrogen (secondary N) is 2. The molecule has 1 aromatic carbocycles. The molecular formula is C42H46N10O6. The van der Waals surface area contributed by atoms with Gasteiger partial charge in [0.2, 0.25) is 17.8 Å². The highest BCUT2D eigenvalue weighted by molar-refractivity contribution is 6.25. The normalized spacial score (nSPS) is 21.7. The van der Waals surface area contributed by atoms with Crippen LogP contribution in [0.1, 0.15) is 94.5 Å². The summed E-state index contributed by atoms with van der Waals surface area (Å²) in [7, 11) is 0. The van der Waals surface area contributed by atoms with Gasteiger partial charge < -0.3 is 15.1 Å². The minimum absolute atomic E-state index is 0.000957. The fraction of sp³-hybridized carbons (Fsp3) is 0.452. The van der Waals surface area contributed by atoms with Crippen molar-refractivity contribution >= 4 is 63.6 Å². The van der Waals surface area contributed by atoms with Crippen molar-refractivity contribution in [2.24, 2.45) is 5.92 Å². The number of hydrogen-bond acceptors (Lipinski definition) is 13. The zero-order valence-electron chi connectivity index (χ0n) is 32.7. The molecule has 2 N–H and O–H groups in total. The molecule has 1 saturated carbocycles. The standard InChI is InChI=1S/C42H46N10O6/c1-24-30-21-44-42(47-37(30)51(27-6-3-4-7-27)40(57)35(24)25(2)53)45-33-12-10-28(20-43-33)49-18-16-48(17-19-49)22-26-14-15-50(23-26)31-9-5-8-29-36(31)41(58)52(39(29)56)32-11-13-34(54)46-38(32)55/h5,8-10,12,20-21,26-27,32H,3-4,6-7,11,13-19,22-23H2,1-2H3,(H,46,54,55)(H,43,44,45,47)/t26-,32?/m0/s1. The quantitative estimate of drug-likeness (QED) is 0.186. The lowest BCUT2D eigenvalue weighted by Gasteiger charge is -2.37. The fourth-order valence-electron chi connectivity index (χ4n) is 9.59. The number of anilines is 4. The van der Waals surface area contributed by atoms with Crippen molar-refractivity contribution in [1.82, 2.24) is 34.6 Å². The van der Waals surface area contributed by atoms with E-state index in [1.165, 1.54) is 6.92 Å². The van der Waals surface area contributed by atoms with E-state index >= 15 is 0 Å². The van der Waals surface area contributed by atoms with Crippen LogP contribution in [-0.4, -0.2) is 111 Å². The van der Waals surface area contributed by atoms with E-state index in [1.54, 1.807) is 29.8 Å². The maximum absolute atomic E-state index is 13.7. The van der Waals surface area contributed by atoms with Crippen molar-refractivity contribution in [3.8, 4) is 0 Å². The van der Waals surface area contributed by atoms with Crippen LogP contribution in [0.15, 0.2) is 47.5 Å². The Labute approximate surface area is 334 Å². The first-order valence-electron chi connectivity index (χ1n) is 20.3. The summed E-state index contributed by atoms with van der Waals surface area (Å²) >= 11 is 0. The number of fused-ring (bicyclic) bond motifs is 2. The third-order valence-electron chi connectivity index (χ3n) is 12.6. The molecule has 0 spiro atoms. The highest BCUT2D eigenvalue weighted by atomic mass is 16.2. The third-order valence-corrected chi connectivity index (χ3v) is 12.6. The smallest absolute Gasteiger partial charge is 0.264 e. The maximum atomic E-state index is 13.7. The van der Waals surface area contributed by atoms with E-state index in [4.69, 9.17) is 4.98 Å². The minimum Gasteiger partial charge on any atom is -0.371 e. The number of aryl methyl sites for hydroxylation is 1. The van der Waals surface area contributed by atoms with Gasteiger partial charge in [-0.15, -0.1) is 0 Å². The summed E-state index contributed by atoms with van der Waals surface area (Å²) in [5, 5.41) is 6.17. The van der Waals surface area contributed by atoms with Crippen LogP contribution in [-0.2, 0) is 9.59 Å². The van der Waals surface area contributed by atoms with Crippen LogP contribution in [0.3, 0.4) is 0 Å². The number of ketones is 1. The Bertz CT molecular complexity index is 2420. The molecule has 0 radical (unpaired) electrons. The number of hydrogen-bond donors (Lipinski definition) is 2. The predicted octanol–water partition coefficient (Wildman–Crippen LogP) is 3.61. The van der Waals surface area contributed by atoms with Gasteiger partial charge in [0.05, 0.1) is 34.3 Å². The molecule has 4 amide bonds. The zero-order valence-corrected chi connectivity index (χ0v) is 32.7. The molecule has 3 aromatic heterocycles. The van der Waals surface area contributed by atoms with Gasteiger partial charge in [0.25, 0.3) is 17.4 Å². The Balaban J connectivity index is 0.810. The molecule has 16 nitrogen and oxygen atoms in total. The summed E-state index contributed by atoms with van der Waals surface area (Å²) in [4.78, 5) is 99.4. The highest BCUT2D eigenvalue weighted by Gasteiger charge is 2.46. The van der Waals surface area contributed by atoms with Crippen molar-refractivity contribution in [2.45, 2.75) is 70.9 Å². The van der Waals surface area contributed by atoms with Crippen molar-refractivity contribution in [3.05, 3.63) is 75.3 Å². The summed E-state index contributed by atoms with van der Waals surface area (Å²) in [5.41, 5.74) is 3.45. The number of piperazine rings is 1. The van der Waals surface area contributed by atoms with Crippen LogP contribution in [0.2, 0.25) is 0 Å². The van der Waals surface area contributed by atoms with Gasteiger partial charge in [-0.05, 0) is 75.3 Å².